The molecule has 0 saturated carbocycles. The second-order valence-corrected chi connectivity index (χ2v) is 3.72. The van der Waals surface area contributed by atoms with Crippen LogP contribution >= 0.6 is 0 Å². The van der Waals surface area contributed by atoms with Crippen LogP contribution in [0.1, 0.15) is 13.3 Å². The third-order valence-electron chi connectivity index (χ3n) is 2.13. The van der Waals surface area contributed by atoms with E-state index in [4.69, 9.17) is 14.2 Å². The molecule has 0 radical (unpaired) electrons. The standard InChI is InChI=1S/C14H20O5/c1-5-11(4)17-8-12(9-18-13(15)6-2)10-19-14(16)7-3/h5-6,12H,1-2,4,7-10H2,3H3. The van der Waals surface area contributed by atoms with Gasteiger partial charge in [-0.05, 0) is 6.08 Å². The predicted molar refractivity (Wildman–Crippen MR) is 71.2 cm³/mol. The highest BCUT2D eigenvalue weighted by Gasteiger charge is 2.14. The van der Waals surface area contributed by atoms with E-state index < -0.39 is 5.97 Å². The molecule has 0 amide bonds. The highest BCUT2D eigenvalue weighted by molar-refractivity contribution is 5.81. The fourth-order valence-corrected chi connectivity index (χ4v) is 1.000. The molecule has 0 aromatic heterocycles. The zero-order chi connectivity index (χ0) is 14.7. The summed E-state index contributed by atoms with van der Waals surface area (Å²) in [5.41, 5.74) is 0. The highest BCUT2D eigenvalue weighted by Crippen LogP contribution is 2.05. The van der Waals surface area contributed by atoms with Gasteiger partial charge in [-0.25, -0.2) is 4.79 Å². The Morgan fingerprint density at radius 1 is 1.05 bits per heavy atom. The molecular formula is C14H20O5. The zero-order valence-electron chi connectivity index (χ0n) is 11.2. The van der Waals surface area contributed by atoms with Crippen molar-refractivity contribution >= 4 is 11.9 Å². The van der Waals surface area contributed by atoms with Crippen molar-refractivity contribution in [3.05, 3.63) is 37.6 Å². The number of hydrogen-bond acceptors (Lipinski definition) is 5. The van der Waals surface area contributed by atoms with E-state index in [0.717, 1.165) is 6.08 Å². The van der Waals surface area contributed by atoms with Gasteiger partial charge < -0.3 is 14.2 Å². The van der Waals surface area contributed by atoms with E-state index in [9.17, 15) is 9.59 Å². The molecular weight excluding hydrogens is 248 g/mol. The van der Waals surface area contributed by atoms with Crippen molar-refractivity contribution in [3.63, 3.8) is 0 Å². The first-order valence-corrected chi connectivity index (χ1v) is 5.92. The fourth-order valence-electron chi connectivity index (χ4n) is 1.000. The normalized spacial score (nSPS) is 11.0. The lowest BCUT2D eigenvalue weighted by Gasteiger charge is -2.17. The van der Waals surface area contributed by atoms with Gasteiger partial charge >= 0.3 is 11.9 Å². The third kappa shape index (κ3) is 8.65. The van der Waals surface area contributed by atoms with Crippen LogP contribution in [0.2, 0.25) is 0 Å². The molecule has 0 fully saturated rings. The lowest BCUT2D eigenvalue weighted by Crippen LogP contribution is -2.24. The van der Waals surface area contributed by atoms with Crippen LogP contribution in [0.5, 0.6) is 0 Å². The van der Waals surface area contributed by atoms with Crippen LogP contribution in [0.4, 0.5) is 0 Å². The van der Waals surface area contributed by atoms with Gasteiger partial charge in [-0.2, -0.15) is 0 Å². The van der Waals surface area contributed by atoms with Crippen LogP contribution in [0.25, 0.3) is 0 Å². The van der Waals surface area contributed by atoms with Crippen molar-refractivity contribution in [2.45, 2.75) is 13.3 Å². The summed E-state index contributed by atoms with van der Waals surface area (Å²) in [6, 6.07) is 0. The van der Waals surface area contributed by atoms with Gasteiger partial charge in [0.25, 0.3) is 0 Å². The molecule has 19 heavy (non-hydrogen) atoms. The largest absolute Gasteiger partial charge is 0.494 e. The van der Waals surface area contributed by atoms with E-state index in [-0.39, 0.29) is 31.7 Å². The first kappa shape index (κ1) is 17.0. The van der Waals surface area contributed by atoms with E-state index in [0.29, 0.717) is 12.2 Å². The number of allylic oxidation sites excluding steroid dienone is 1. The number of carbonyl (C=O) groups excluding carboxylic acids is 2. The summed E-state index contributed by atoms with van der Waals surface area (Å²) >= 11 is 0. The molecule has 5 nitrogen and oxygen atoms in total. The Balaban J connectivity index is 4.23. The Morgan fingerprint density at radius 3 is 2.16 bits per heavy atom. The molecule has 106 valence electrons. The molecule has 0 aliphatic rings. The van der Waals surface area contributed by atoms with Crippen LogP contribution in [0.3, 0.4) is 0 Å². The van der Waals surface area contributed by atoms with Crippen molar-refractivity contribution in [1.82, 2.24) is 0 Å². The van der Waals surface area contributed by atoms with Crippen molar-refractivity contribution in [2.24, 2.45) is 5.92 Å². The van der Waals surface area contributed by atoms with Crippen LogP contribution in [-0.2, 0) is 23.8 Å². The van der Waals surface area contributed by atoms with E-state index >= 15 is 0 Å². The van der Waals surface area contributed by atoms with Crippen molar-refractivity contribution < 1.29 is 23.8 Å². The van der Waals surface area contributed by atoms with Gasteiger partial charge in [-0.1, -0.05) is 26.7 Å². The number of hydrogen-bond donors (Lipinski definition) is 0. The van der Waals surface area contributed by atoms with Crippen LogP contribution in [0.15, 0.2) is 37.6 Å². The van der Waals surface area contributed by atoms with Crippen LogP contribution < -0.4 is 0 Å². The Morgan fingerprint density at radius 2 is 1.63 bits per heavy atom. The minimum Gasteiger partial charge on any atom is -0.494 e. The average Bonchev–Trinajstić information content (AvgIpc) is 2.44. The molecule has 0 saturated heterocycles. The molecule has 0 aliphatic heterocycles. The summed E-state index contributed by atoms with van der Waals surface area (Å²) in [5, 5.41) is 0. The molecule has 5 heteroatoms. The Hall–Kier alpha value is -2.04. The quantitative estimate of drug-likeness (QED) is 0.262. The summed E-state index contributed by atoms with van der Waals surface area (Å²) < 4.78 is 15.2. The predicted octanol–water partition coefficient (Wildman–Crippen LogP) is 2.00. The topological polar surface area (TPSA) is 61.8 Å². The van der Waals surface area contributed by atoms with Crippen LogP contribution in [-0.4, -0.2) is 31.8 Å². The van der Waals surface area contributed by atoms with Gasteiger partial charge in [-0.15, -0.1) is 0 Å². The summed E-state index contributed by atoms with van der Waals surface area (Å²) in [4.78, 5) is 22.1. The Labute approximate surface area is 113 Å². The lowest BCUT2D eigenvalue weighted by atomic mass is 10.2. The maximum atomic E-state index is 11.1. The number of carbonyl (C=O) groups is 2. The smallest absolute Gasteiger partial charge is 0.330 e. The first-order valence-electron chi connectivity index (χ1n) is 5.92. The second-order valence-electron chi connectivity index (χ2n) is 3.72. The van der Waals surface area contributed by atoms with Gasteiger partial charge in [0.05, 0.1) is 12.5 Å². The summed E-state index contributed by atoms with van der Waals surface area (Å²) in [5.74, 6) is -0.713. The molecule has 0 rings (SSSR count). The average molecular weight is 268 g/mol. The minimum atomic E-state index is -0.533. The van der Waals surface area contributed by atoms with E-state index in [1.807, 2.05) is 0 Å². The maximum Gasteiger partial charge on any atom is 0.330 e. The van der Waals surface area contributed by atoms with Crippen LogP contribution in [0, 0.1) is 5.92 Å². The van der Waals surface area contributed by atoms with Gasteiger partial charge in [0, 0.05) is 12.5 Å². The second kappa shape index (κ2) is 9.94. The fraction of sp³-hybridized carbons (Fsp3) is 0.429. The molecule has 0 spiro atoms. The van der Waals surface area contributed by atoms with Crippen molar-refractivity contribution in [2.75, 3.05) is 19.8 Å². The van der Waals surface area contributed by atoms with E-state index in [1.165, 1.54) is 6.08 Å². The first-order chi connectivity index (χ1) is 9.03. The number of esters is 2. The van der Waals surface area contributed by atoms with E-state index in [1.54, 1.807) is 6.92 Å². The summed E-state index contributed by atoms with van der Waals surface area (Å²) in [7, 11) is 0. The molecule has 1 atom stereocenters. The van der Waals surface area contributed by atoms with E-state index in [2.05, 4.69) is 19.7 Å². The molecule has 0 aromatic carbocycles. The molecule has 0 N–H and O–H groups in total. The SMILES string of the molecule is C=CC(=C)OCC(COC(=O)C=C)COC(=O)CC. The zero-order valence-corrected chi connectivity index (χ0v) is 11.2. The lowest BCUT2D eigenvalue weighted by molar-refractivity contribution is -0.147. The van der Waals surface area contributed by atoms with Crippen molar-refractivity contribution in [3.8, 4) is 0 Å². The Bertz CT molecular complexity index is 322. The summed E-state index contributed by atoms with van der Waals surface area (Å²) in [6.45, 7) is 12.5. The molecule has 0 heterocycles. The molecule has 0 aliphatic carbocycles. The minimum absolute atomic E-state index is 0.0757. The maximum absolute atomic E-state index is 11.1. The molecule has 0 bridgehead atoms. The van der Waals surface area contributed by atoms with Gasteiger partial charge in [0.15, 0.2) is 0 Å². The summed E-state index contributed by atoms with van der Waals surface area (Å²) in [6.07, 6.45) is 2.82. The number of rotatable bonds is 10. The molecule has 0 aromatic rings. The van der Waals surface area contributed by atoms with Gasteiger partial charge in [0.2, 0.25) is 0 Å². The van der Waals surface area contributed by atoms with Gasteiger partial charge in [-0.3, -0.25) is 4.79 Å². The monoisotopic (exact) mass is 268 g/mol. The highest BCUT2D eigenvalue weighted by atomic mass is 16.6. The van der Waals surface area contributed by atoms with Crippen molar-refractivity contribution in [1.29, 1.82) is 0 Å². The number of ether oxygens (including phenoxy) is 3. The third-order valence-corrected chi connectivity index (χ3v) is 2.13. The Kier molecular flexibility index (Phi) is 8.87. The molecule has 1 unspecified atom stereocenters. The van der Waals surface area contributed by atoms with Gasteiger partial charge in [0.1, 0.15) is 19.0 Å².